The van der Waals surface area contributed by atoms with Gasteiger partial charge in [-0.05, 0) is 25.1 Å². The van der Waals surface area contributed by atoms with Gasteiger partial charge in [0.2, 0.25) is 0 Å². The van der Waals surface area contributed by atoms with Crippen LogP contribution >= 0.6 is 0 Å². The second-order valence-corrected chi connectivity index (χ2v) is 4.79. The number of hydrogen-bond acceptors (Lipinski definition) is 3. The first-order valence-electron chi connectivity index (χ1n) is 6.84. The summed E-state index contributed by atoms with van der Waals surface area (Å²) in [5.74, 6) is 0.671. The van der Waals surface area contributed by atoms with Crippen molar-refractivity contribution >= 4 is 11.6 Å². The zero-order valence-electron chi connectivity index (χ0n) is 12.6. The number of carbonyl (C=O) groups is 1. The molecule has 0 aromatic heterocycles. The van der Waals surface area contributed by atoms with Gasteiger partial charge in [0.15, 0.2) is 0 Å². The third kappa shape index (κ3) is 3.54. The van der Waals surface area contributed by atoms with Gasteiger partial charge in [0, 0.05) is 24.8 Å². The van der Waals surface area contributed by atoms with Crippen LogP contribution < -0.4 is 15.4 Å². The average Bonchev–Trinajstić information content (AvgIpc) is 2.52. The quantitative estimate of drug-likeness (QED) is 0.887. The molecule has 4 nitrogen and oxygen atoms in total. The van der Waals surface area contributed by atoms with Crippen LogP contribution in [-0.2, 0) is 6.54 Å². The van der Waals surface area contributed by atoms with Gasteiger partial charge in [0.1, 0.15) is 5.75 Å². The smallest absolute Gasteiger partial charge is 0.253 e. The minimum Gasteiger partial charge on any atom is -0.496 e. The summed E-state index contributed by atoms with van der Waals surface area (Å²) in [5, 5.41) is 5.97. The number of benzene rings is 2. The molecule has 2 N–H and O–H groups in total. The highest BCUT2D eigenvalue weighted by Gasteiger charge is 2.11. The fourth-order valence-electron chi connectivity index (χ4n) is 2.18. The topological polar surface area (TPSA) is 50.4 Å². The molecule has 2 rings (SSSR count). The van der Waals surface area contributed by atoms with Crippen molar-refractivity contribution < 1.29 is 9.53 Å². The van der Waals surface area contributed by atoms with Gasteiger partial charge < -0.3 is 15.4 Å². The fourth-order valence-corrected chi connectivity index (χ4v) is 2.18. The lowest BCUT2D eigenvalue weighted by atomic mass is 10.1. The summed E-state index contributed by atoms with van der Waals surface area (Å²) < 4.78 is 5.28. The summed E-state index contributed by atoms with van der Waals surface area (Å²) in [6, 6.07) is 13.4. The number of aryl methyl sites for hydroxylation is 1. The average molecular weight is 284 g/mol. The second kappa shape index (κ2) is 6.79. The van der Waals surface area contributed by atoms with Gasteiger partial charge in [-0.15, -0.1) is 0 Å². The molecule has 0 atom stereocenters. The molecular weight excluding hydrogens is 264 g/mol. The van der Waals surface area contributed by atoms with Crippen LogP contribution in [0.5, 0.6) is 5.75 Å². The number of anilines is 1. The summed E-state index contributed by atoms with van der Waals surface area (Å²) in [7, 11) is 3.43. The maximum absolute atomic E-state index is 12.4. The Morgan fingerprint density at radius 2 is 1.95 bits per heavy atom. The van der Waals surface area contributed by atoms with Crippen LogP contribution in [0.15, 0.2) is 42.5 Å². The molecule has 21 heavy (non-hydrogen) atoms. The van der Waals surface area contributed by atoms with Crippen LogP contribution in [-0.4, -0.2) is 20.1 Å². The number of hydrogen-bond donors (Lipinski definition) is 2. The third-order valence-electron chi connectivity index (χ3n) is 3.32. The summed E-state index contributed by atoms with van der Waals surface area (Å²) in [6.07, 6.45) is 0. The molecule has 0 saturated heterocycles. The van der Waals surface area contributed by atoms with Crippen molar-refractivity contribution in [1.29, 1.82) is 0 Å². The Morgan fingerprint density at radius 3 is 2.67 bits per heavy atom. The Balaban J connectivity index is 2.13. The van der Waals surface area contributed by atoms with Gasteiger partial charge in [-0.3, -0.25) is 4.79 Å². The van der Waals surface area contributed by atoms with E-state index in [0.29, 0.717) is 12.1 Å². The number of methoxy groups -OCH3 is 1. The molecule has 0 aliphatic rings. The van der Waals surface area contributed by atoms with Crippen molar-refractivity contribution in [3.05, 3.63) is 59.2 Å². The van der Waals surface area contributed by atoms with Crippen molar-refractivity contribution in [3.63, 3.8) is 0 Å². The molecule has 0 aliphatic carbocycles. The van der Waals surface area contributed by atoms with E-state index in [1.165, 1.54) is 0 Å². The Hall–Kier alpha value is -2.49. The first-order chi connectivity index (χ1) is 10.2. The minimum atomic E-state index is -0.103. The van der Waals surface area contributed by atoms with E-state index >= 15 is 0 Å². The van der Waals surface area contributed by atoms with Crippen LogP contribution in [0.25, 0.3) is 0 Å². The van der Waals surface area contributed by atoms with E-state index in [9.17, 15) is 4.79 Å². The predicted octanol–water partition coefficient (Wildman–Crippen LogP) is 2.98. The van der Waals surface area contributed by atoms with E-state index in [4.69, 9.17) is 4.74 Å². The van der Waals surface area contributed by atoms with Gasteiger partial charge in [-0.25, -0.2) is 0 Å². The predicted molar refractivity (Wildman–Crippen MR) is 84.9 cm³/mol. The molecule has 0 saturated carbocycles. The highest BCUT2D eigenvalue weighted by atomic mass is 16.5. The molecule has 0 aliphatic heterocycles. The molecule has 4 heteroatoms. The second-order valence-electron chi connectivity index (χ2n) is 4.79. The number of nitrogens with one attached hydrogen (secondary N) is 2. The zero-order chi connectivity index (χ0) is 15.2. The van der Waals surface area contributed by atoms with Gasteiger partial charge >= 0.3 is 0 Å². The Labute approximate surface area is 125 Å². The van der Waals surface area contributed by atoms with Crippen LogP contribution in [0.1, 0.15) is 21.5 Å². The lowest BCUT2D eigenvalue weighted by molar-refractivity contribution is 0.0951. The summed E-state index contributed by atoms with van der Waals surface area (Å²) >= 11 is 0. The Morgan fingerprint density at radius 1 is 1.19 bits per heavy atom. The normalized spacial score (nSPS) is 10.0. The van der Waals surface area contributed by atoms with Crippen molar-refractivity contribution in [1.82, 2.24) is 5.32 Å². The van der Waals surface area contributed by atoms with E-state index < -0.39 is 0 Å². The molecule has 110 valence electrons. The van der Waals surface area contributed by atoms with Crippen molar-refractivity contribution in [3.8, 4) is 5.75 Å². The standard InChI is InChI=1S/C17H20N2O2/c1-12-8-9-15(18-2)14(10-12)17(20)19-11-13-6-4-5-7-16(13)21-3/h4-10,18H,11H2,1-3H3,(H,19,20). The van der Waals surface area contributed by atoms with Crippen LogP contribution in [0.3, 0.4) is 0 Å². The summed E-state index contributed by atoms with van der Waals surface area (Å²) in [5.41, 5.74) is 3.47. The molecule has 0 heterocycles. The van der Waals surface area contributed by atoms with Gasteiger partial charge in [-0.2, -0.15) is 0 Å². The number of carbonyl (C=O) groups excluding carboxylic acids is 1. The molecule has 0 radical (unpaired) electrons. The van der Waals surface area contributed by atoms with Crippen molar-refractivity contribution in [2.24, 2.45) is 0 Å². The van der Waals surface area contributed by atoms with E-state index in [-0.39, 0.29) is 5.91 Å². The number of para-hydroxylation sites is 1. The highest BCUT2D eigenvalue weighted by Crippen LogP contribution is 2.19. The summed E-state index contributed by atoms with van der Waals surface area (Å²) in [4.78, 5) is 12.4. The van der Waals surface area contributed by atoms with Gasteiger partial charge in [-0.1, -0.05) is 29.8 Å². The number of rotatable bonds is 5. The SMILES string of the molecule is CNc1ccc(C)cc1C(=O)NCc1ccccc1OC. The molecule has 0 bridgehead atoms. The first-order valence-corrected chi connectivity index (χ1v) is 6.84. The van der Waals surface area contributed by atoms with Gasteiger partial charge in [0.05, 0.1) is 12.7 Å². The molecule has 0 unspecified atom stereocenters. The molecule has 2 aromatic carbocycles. The van der Waals surface area contributed by atoms with Gasteiger partial charge in [0.25, 0.3) is 5.91 Å². The zero-order valence-corrected chi connectivity index (χ0v) is 12.6. The minimum absolute atomic E-state index is 0.103. The first kappa shape index (κ1) is 14.9. The maximum Gasteiger partial charge on any atom is 0.253 e. The third-order valence-corrected chi connectivity index (χ3v) is 3.32. The van der Waals surface area contributed by atoms with Crippen molar-refractivity contribution in [2.75, 3.05) is 19.5 Å². The molecule has 0 fully saturated rings. The lowest BCUT2D eigenvalue weighted by Gasteiger charge is -2.12. The number of amides is 1. The van der Waals surface area contributed by atoms with E-state index in [2.05, 4.69) is 10.6 Å². The van der Waals surface area contributed by atoms with Crippen LogP contribution in [0, 0.1) is 6.92 Å². The summed E-state index contributed by atoms with van der Waals surface area (Å²) in [6.45, 7) is 2.40. The van der Waals surface area contributed by atoms with E-state index in [0.717, 1.165) is 22.6 Å². The lowest BCUT2D eigenvalue weighted by Crippen LogP contribution is -2.24. The van der Waals surface area contributed by atoms with E-state index in [1.54, 1.807) is 7.11 Å². The van der Waals surface area contributed by atoms with Crippen LogP contribution in [0.4, 0.5) is 5.69 Å². The van der Waals surface area contributed by atoms with E-state index in [1.807, 2.05) is 56.4 Å². The number of ether oxygens (including phenoxy) is 1. The fraction of sp³-hybridized carbons (Fsp3) is 0.235. The maximum atomic E-state index is 12.4. The molecule has 2 aromatic rings. The molecule has 1 amide bonds. The monoisotopic (exact) mass is 284 g/mol. The Kier molecular flexibility index (Phi) is 4.82. The molecule has 0 spiro atoms. The van der Waals surface area contributed by atoms with Crippen molar-refractivity contribution in [2.45, 2.75) is 13.5 Å². The van der Waals surface area contributed by atoms with Crippen LogP contribution in [0.2, 0.25) is 0 Å². The largest absolute Gasteiger partial charge is 0.496 e. The highest BCUT2D eigenvalue weighted by molar-refractivity contribution is 5.99. The molecular formula is C17H20N2O2. The Bertz CT molecular complexity index is 638.